The molecule has 0 aliphatic carbocycles. The van der Waals surface area contributed by atoms with Gasteiger partial charge in [0.1, 0.15) is 79.2 Å². The average Bonchev–Trinajstić information content (AvgIpc) is 3.30. The van der Waals surface area contributed by atoms with Gasteiger partial charge in [-0.1, -0.05) is 54.4 Å². The predicted octanol–water partition coefficient (Wildman–Crippen LogP) is -5.04. The van der Waals surface area contributed by atoms with E-state index in [1.165, 1.54) is 20.2 Å². The zero-order valence-corrected chi connectivity index (χ0v) is 53.4. The molecule has 13 atom stereocenters. The molecule has 0 radical (unpaired) electrons. The number of amides is 1. The van der Waals surface area contributed by atoms with Gasteiger partial charge >= 0.3 is 71.6 Å². The van der Waals surface area contributed by atoms with Crippen molar-refractivity contribution >= 4 is 77.5 Å². The largest absolute Gasteiger partial charge is 0.481 e. The maximum absolute atomic E-state index is 11.6. The molecule has 1 aliphatic rings. The van der Waals surface area contributed by atoms with Gasteiger partial charge in [-0.3, -0.25) is 43.2 Å². The van der Waals surface area contributed by atoms with Crippen LogP contribution >= 0.6 is 0 Å². The smallest absolute Gasteiger partial charge is 0.334 e. The number of unbranched alkanes of at least 4 members (excludes halogenated alkanes) is 1. The first-order chi connectivity index (χ1) is 42.4. The number of carboxylic acid groups (broad SMARTS) is 6. The van der Waals surface area contributed by atoms with Gasteiger partial charge in [-0.05, 0) is 89.6 Å². The number of H-pyrrole nitrogens is 1. The lowest BCUT2D eigenvalue weighted by molar-refractivity contribution is -0.165. The molecule has 0 spiro atoms. The van der Waals surface area contributed by atoms with E-state index in [-0.39, 0.29) is 55.9 Å². The summed E-state index contributed by atoms with van der Waals surface area (Å²) in [6.45, 7) is 14.9. The van der Waals surface area contributed by atoms with E-state index >= 15 is 0 Å². The summed E-state index contributed by atoms with van der Waals surface area (Å²) in [7, 11) is 0. The number of nitrogens with two attached hydrogens (primary N) is 12. The van der Waals surface area contributed by atoms with Crippen LogP contribution in [0.25, 0.3) is 0 Å². The van der Waals surface area contributed by atoms with Gasteiger partial charge in [0.25, 0.3) is 0 Å². The van der Waals surface area contributed by atoms with Gasteiger partial charge in [-0.15, -0.1) is 0 Å². The molecule has 1 fully saturated rings. The molecule has 1 aromatic heterocycles. The Balaban J connectivity index is -0.000000327. The van der Waals surface area contributed by atoms with E-state index < -0.39 is 151 Å². The molecule has 0 aromatic carbocycles. The van der Waals surface area contributed by atoms with Crippen LogP contribution < -0.4 is 74.1 Å². The van der Waals surface area contributed by atoms with E-state index in [4.69, 9.17) is 109 Å². The van der Waals surface area contributed by atoms with Crippen LogP contribution in [0.1, 0.15) is 132 Å². The molecular formula is C54H103N15O23. The van der Waals surface area contributed by atoms with Crippen LogP contribution in [0.2, 0.25) is 0 Å². The third kappa shape index (κ3) is 50.0. The number of carbonyl (C=O) groups excluding carboxylic acids is 7. The Kier molecular flexibility index (Phi) is 53.4. The van der Waals surface area contributed by atoms with Crippen molar-refractivity contribution in [2.45, 2.75) is 205 Å². The molecule has 2 rings (SSSR count). The number of nitrogens with one attached hydrogen (secondary N) is 2. The summed E-state index contributed by atoms with van der Waals surface area (Å²) in [5.74, 6) is -11.3. The number of carbonyl (C=O) groups is 13. The molecule has 38 heteroatoms. The standard InChI is InChI=1S/C14H27N3O5.C9H16N2O4.C9H18N2O3.C6H9N3O2.C6H14N2O2.C5H10N2O3.C5H9NO4/c1-7(2)5-9(15)12(18)21-6-10(16)13(19)22-14(20)11(17)8(3)4;1-5(7(10)8(12)13)15-9(14)6-3-2-4-11-6;1-4-5(2)7(11)9(13)14-8(12)6(3)10;7-5(6(10)11)1-4-2-8-3-9-4;7-4-2-1-3-5(8)6(9)10;2*6-3(5(9)10)1-2-4(7)8/h7-11H,5-6,15-17H2,1-4H3;5-7,11H,2-4,10H2,1H3,(H,12,13);5-7H,4,10-11H2,1-3H3;2-3,5H,1,7H2,(H,8,9)(H,10,11);5H,1-4,7-8H2,(H,9,10);3H,1-2,6H2,(H2,7,8)(H,9,10);3H,1-2,6H2,(H,7,8)(H,9,10)/t9-,10-,11-;5-,6+,7+;5-,6-,7-;2*5-;2*3-/m0100000/s1. The Bertz CT molecular complexity index is 2330. The van der Waals surface area contributed by atoms with Crippen molar-refractivity contribution in [1.29, 1.82) is 0 Å². The van der Waals surface area contributed by atoms with Crippen molar-refractivity contribution in [2.75, 3.05) is 19.7 Å². The fraction of sp³-hybridized carbons (Fsp3) is 0.704. The number of ether oxygens (including phenoxy) is 4. The van der Waals surface area contributed by atoms with Crippen LogP contribution in [0.3, 0.4) is 0 Å². The lowest BCUT2D eigenvalue weighted by Gasteiger charge is -2.19. The highest BCUT2D eigenvalue weighted by atomic mass is 16.6. The van der Waals surface area contributed by atoms with Crippen molar-refractivity contribution in [3.63, 3.8) is 0 Å². The van der Waals surface area contributed by atoms with Crippen LogP contribution in [0.4, 0.5) is 0 Å². The lowest BCUT2D eigenvalue weighted by Crippen LogP contribution is -2.45. The minimum absolute atomic E-state index is 0.0108. The zero-order chi connectivity index (χ0) is 72.7. The third-order valence-corrected chi connectivity index (χ3v) is 12.1. The second-order valence-corrected chi connectivity index (χ2v) is 21.4. The SMILES string of the molecule is CC(C)C[C@H](N)C(=O)OC[C@H](N)C(=O)OC(=O)[C@@H](N)C(C)C.CC[C@H](C)[C@H](N)C(=O)OC(=O)[C@H](C)N.C[C@@H](OC(=O)[C@@H]1CCCN1)[C@H](N)C(=O)O.NC(=O)CC[C@H](N)C(=O)O.NCCCC[C@H](N)C(=O)O.N[C@@H](CCC(=O)O)C(=O)O.N[C@@H](Cc1cnc[nH]1)C(=O)O. The lowest BCUT2D eigenvalue weighted by atomic mass is 10.0. The molecule has 0 unspecified atom stereocenters. The fourth-order valence-corrected chi connectivity index (χ4v) is 5.81. The van der Waals surface area contributed by atoms with Gasteiger partial charge in [0, 0.05) is 31.2 Å². The molecule has 38 nitrogen and oxygen atoms in total. The second-order valence-electron chi connectivity index (χ2n) is 21.4. The molecule has 1 aliphatic heterocycles. The number of carboxylic acids is 6. The summed E-state index contributed by atoms with van der Waals surface area (Å²) in [6, 6.07) is -9.61. The van der Waals surface area contributed by atoms with Crippen LogP contribution in [-0.2, 0) is 87.7 Å². The van der Waals surface area contributed by atoms with E-state index in [0.29, 0.717) is 19.4 Å². The first-order valence-electron chi connectivity index (χ1n) is 28.9. The summed E-state index contributed by atoms with van der Waals surface area (Å²) >= 11 is 0. The number of hydrogen-bond acceptors (Lipinski definition) is 30. The van der Waals surface area contributed by atoms with Gasteiger partial charge in [-0.2, -0.15) is 0 Å². The third-order valence-electron chi connectivity index (χ3n) is 12.1. The Morgan fingerprint density at radius 2 is 1.08 bits per heavy atom. The summed E-state index contributed by atoms with van der Waals surface area (Å²) in [5.41, 5.74) is 64.0. The van der Waals surface area contributed by atoms with Gasteiger partial charge in [0.2, 0.25) is 5.91 Å². The number of hydrogen-bond donors (Lipinski definition) is 20. The molecule has 532 valence electrons. The van der Waals surface area contributed by atoms with E-state index in [9.17, 15) is 62.3 Å². The van der Waals surface area contributed by atoms with Crippen LogP contribution in [0, 0.1) is 17.8 Å². The summed E-state index contributed by atoms with van der Waals surface area (Å²) in [4.78, 5) is 146. The minimum Gasteiger partial charge on any atom is -0.481 e. The first-order valence-corrected chi connectivity index (χ1v) is 28.9. The topological polar surface area (TPSA) is 733 Å². The molecular weight excluding hydrogens is 1230 g/mol. The second kappa shape index (κ2) is 52.8. The Hall–Kier alpha value is -7.76. The molecule has 2 heterocycles. The molecule has 0 saturated carbocycles. The maximum Gasteiger partial charge on any atom is 0.334 e. The van der Waals surface area contributed by atoms with E-state index in [1.54, 1.807) is 20.0 Å². The number of rotatable bonds is 32. The highest BCUT2D eigenvalue weighted by Crippen LogP contribution is 2.10. The summed E-state index contributed by atoms with van der Waals surface area (Å²) in [5, 5.41) is 52.8. The van der Waals surface area contributed by atoms with Crippen molar-refractivity contribution < 1.29 is 112 Å². The number of aliphatic carboxylic acids is 6. The number of nitrogens with zero attached hydrogens (tertiary/aromatic N) is 1. The summed E-state index contributed by atoms with van der Waals surface area (Å²) in [6.07, 6.45) is 7.46. The highest BCUT2D eigenvalue weighted by molar-refractivity contribution is 5.91. The number of esters is 6. The van der Waals surface area contributed by atoms with E-state index in [0.717, 1.165) is 44.3 Å². The fourth-order valence-electron chi connectivity index (χ4n) is 5.81. The van der Waals surface area contributed by atoms with Crippen molar-refractivity contribution in [2.24, 2.45) is 86.6 Å². The molecule has 1 aromatic rings. The summed E-state index contributed by atoms with van der Waals surface area (Å²) < 4.78 is 18.8. The first kappa shape index (κ1) is 93.0. The van der Waals surface area contributed by atoms with Crippen LogP contribution in [0.5, 0.6) is 0 Å². The van der Waals surface area contributed by atoms with Gasteiger partial charge in [0.05, 0.1) is 6.33 Å². The van der Waals surface area contributed by atoms with Crippen molar-refractivity contribution in [1.82, 2.24) is 15.3 Å². The van der Waals surface area contributed by atoms with E-state index in [2.05, 4.69) is 24.8 Å². The number of aromatic nitrogens is 2. The number of primary amides is 1. The molecule has 32 N–H and O–H groups in total. The monoisotopic (exact) mass is 1330 g/mol. The van der Waals surface area contributed by atoms with Gasteiger partial charge < -0.3 is 129 Å². The average molecular weight is 1330 g/mol. The van der Waals surface area contributed by atoms with Crippen molar-refractivity contribution in [3.8, 4) is 0 Å². The Labute approximate surface area is 532 Å². The van der Waals surface area contributed by atoms with Crippen LogP contribution in [-0.4, -0.2) is 210 Å². The van der Waals surface area contributed by atoms with Crippen LogP contribution in [0.15, 0.2) is 12.5 Å². The van der Waals surface area contributed by atoms with Gasteiger partial charge in [0.15, 0.2) is 0 Å². The Morgan fingerprint density at radius 3 is 1.47 bits per heavy atom. The van der Waals surface area contributed by atoms with Crippen molar-refractivity contribution in [3.05, 3.63) is 18.2 Å². The number of imidazole rings is 1. The normalized spacial score (nSPS) is 15.9. The highest BCUT2D eigenvalue weighted by Gasteiger charge is 2.30. The molecule has 1 amide bonds. The quantitative estimate of drug-likeness (QED) is 0.0139. The molecule has 1 saturated heterocycles. The minimum atomic E-state index is -1.27. The van der Waals surface area contributed by atoms with Gasteiger partial charge in [-0.25, -0.2) is 24.2 Å². The maximum atomic E-state index is 11.6. The number of aromatic amines is 1. The van der Waals surface area contributed by atoms with E-state index in [1.807, 2.05) is 27.7 Å². The molecule has 0 bridgehead atoms. The Morgan fingerprint density at radius 1 is 0.587 bits per heavy atom. The predicted molar refractivity (Wildman–Crippen MR) is 328 cm³/mol. The zero-order valence-electron chi connectivity index (χ0n) is 53.4. The molecule has 92 heavy (non-hydrogen) atoms.